The molecule has 1 saturated heterocycles. The summed E-state index contributed by atoms with van der Waals surface area (Å²) in [7, 11) is 0. The second-order valence-corrected chi connectivity index (χ2v) is 8.40. The predicted molar refractivity (Wildman–Crippen MR) is 118 cm³/mol. The van der Waals surface area contributed by atoms with Crippen molar-refractivity contribution in [2.24, 2.45) is 5.41 Å². The van der Waals surface area contributed by atoms with Gasteiger partial charge in [-0.25, -0.2) is 0 Å². The molecule has 1 aliphatic carbocycles. The number of nitrogens with two attached hydrogens (primary N) is 1. The third kappa shape index (κ3) is 7.30. The number of nitrogens with zero attached hydrogens (tertiary/aromatic N) is 1. The molecule has 0 bridgehead atoms. The highest BCUT2D eigenvalue weighted by molar-refractivity contribution is 6.00. The summed E-state index contributed by atoms with van der Waals surface area (Å²) in [6.07, 6.45) is -3.90. The van der Waals surface area contributed by atoms with Gasteiger partial charge in [-0.15, -0.1) is 26.3 Å². The SMILES string of the molecule is CC1=CCC2(CC1)CCN(c1ccc(OC(F)(F)F)cc1)C2=O.Nc1ccc(OC(F)(F)F)cc1. The summed E-state index contributed by atoms with van der Waals surface area (Å²) in [6, 6.07) is 10.5. The van der Waals surface area contributed by atoms with Crippen LogP contribution in [0.3, 0.4) is 0 Å². The van der Waals surface area contributed by atoms with Crippen molar-refractivity contribution in [3.8, 4) is 11.5 Å². The van der Waals surface area contributed by atoms with Crippen molar-refractivity contribution in [2.45, 2.75) is 45.3 Å². The first-order valence-electron chi connectivity index (χ1n) is 10.7. The Labute approximate surface area is 198 Å². The Hall–Kier alpha value is -3.37. The summed E-state index contributed by atoms with van der Waals surface area (Å²) in [6.45, 7) is 2.68. The van der Waals surface area contributed by atoms with E-state index in [1.165, 1.54) is 42.0 Å². The van der Waals surface area contributed by atoms with E-state index in [0.717, 1.165) is 37.8 Å². The molecule has 190 valence electrons. The molecule has 2 N–H and O–H groups in total. The quantitative estimate of drug-likeness (QED) is 0.292. The highest BCUT2D eigenvalue weighted by Crippen LogP contribution is 2.45. The molecule has 1 amide bonds. The maximum absolute atomic E-state index is 12.8. The van der Waals surface area contributed by atoms with Crippen LogP contribution in [0, 0.1) is 5.41 Å². The molecule has 1 aliphatic heterocycles. The van der Waals surface area contributed by atoms with Crippen LogP contribution in [0.5, 0.6) is 11.5 Å². The highest BCUT2D eigenvalue weighted by Gasteiger charge is 2.46. The molecule has 2 aromatic rings. The Kier molecular flexibility index (Phi) is 7.56. The summed E-state index contributed by atoms with van der Waals surface area (Å²) in [5.74, 6) is -0.471. The molecule has 0 aromatic heterocycles. The first-order valence-corrected chi connectivity index (χ1v) is 10.7. The number of rotatable bonds is 3. The lowest BCUT2D eigenvalue weighted by molar-refractivity contribution is -0.275. The first kappa shape index (κ1) is 26.2. The van der Waals surface area contributed by atoms with Crippen LogP contribution in [0.15, 0.2) is 60.2 Å². The number of carbonyl (C=O) groups is 1. The maximum Gasteiger partial charge on any atom is 0.573 e. The van der Waals surface area contributed by atoms with Crippen LogP contribution in [0.2, 0.25) is 0 Å². The third-order valence-electron chi connectivity index (χ3n) is 5.85. The van der Waals surface area contributed by atoms with Gasteiger partial charge in [-0.1, -0.05) is 11.6 Å². The molecule has 1 fully saturated rings. The monoisotopic (exact) mass is 502 g/mol. The second kappa shape index (κ2) is 10.1. The van der Waals surface area contributed by atoms with Crippen molar-refractivity contribution >= 4 is 17.3 Å². The minimum Gasteiger partial charge on any atom is -0.406 e. The molecule has 0 radical (unpaired) electrons. The lowest BCUT2D eigenvalue weighted by atomic mass is 9.74. The van der Waals surface area contributed by atoms with Gasteiger partial charge in [0, 0.05) is 17.9 Å². The van der Waals surface area contributed by atoms with Gasteiger partial charge >= 0.3 is 12.7 Å². The topological polar surface area (TPSA) is 64.8 Å². The molecule has 4 rings (SSSR count). The molecule has 2 aliphatic rings. The average Bonchev–Trinajstić information content (AvgIpc) is 3.07. The molecule has 1 unspecified atom stereocenters. The molecule has 1 spiro atoms. The van der Waals surface area contributed by atoms with Crippen molar-refractivity contribution in [1.82, 2.24) is 0 Å². The van der Waals surface area contributed by atoms with Gasteiger partial charge in [0.25, 0.3) is 0 Å². The standard InChI is InChI=1S/C17H18F3NO2.C7H6F3NO/c1-12-6-8-16(9-7-12)10-11-21(15(16)22)13-2-4-14(5-3-13)23-17(18,19)20;8-7(9,10)12-6-3-1-5(11)2-4-6/h2-6H,7-11H2,1H3;1-4H,11H2. The fourth-order valence-electron chi connectivity index (χ4n) is 4.00. The van der Waals surface area contributed by atoms with Crippen molar-refractivity contribution in [2.75, 3.05) is 17.2 Å². The number of nitrogen functional groups attached to an aromatic ring is 1. The summed E-state index contributed by atoms with van der Waals surface area (Å²) in [5, 5.41) is 0. The van der Waals surface area contributed by atoms with E-state index in [9.17, 15) is 31.1 Å². The molecule has 35 heavy (non-hydrogen) atoms. The zero-order valence-corrected chi connectivity index (χ0v) is 18.7. The van der Waals surface area contributed by atoms with Crippen molar-refractivity contribution in [3.63, 3.8) is 0 Å². The minimum absolute atomic E-state index is 0.0748. The van der Waals surface area contributed by atoms with E-state index >= 15 is 0 Å². The number of benzene rings is 2. The van der Waals surface area contributed by atoms with Crippen LogP contribution < -0.4 is 20.1 Å². The molecule has 5 nitrogen and oxygen atoms in total. The zero-order chi connectivity index (χ0) is 25.9. The summed E-state index contributed by atoms with van der Waals surface area (Å²) < 4.78 is 78.8. The van der Waals surface area contributed by atoms with Crippen LogP contribution in [0.4, 0.5) is 37.7 Å². The average molecular weight is 502 g/mol. The lowest BCUT2D eigenvalue weighted by Gasteiger charge is -2.30. The van der Waals surface area contributed by atoms with Gasteiger partial charge in [-0.3, -0.25) is 4.79 Å². The van der Waals surface area contributed by atoms with Crippen LogP contribution in [-0.4, -0.2) is 25.2 Å². The largest absolute Gasteiger partial charge is 0.573 e. The molecule has 0 saturated carbocycles. The fourth-order valence-corrected chi connectivity index (χ4v) is 4.00. The molecule has 1 atom stereocenters. The van der Waals surface area contributed by atoms with Crippen molar-refractivity contribution < 1.29 is 40.6 Å². The van der Waals surface area contributed by atoms with E-state index in [1.807, 2.05) is 0 Å². The minimum atomic E-state index is -4.71. The predicted octanol–water partition coefficient (Wildman–Crippen LogP) is 6.61. The van der Waals surface area contributed by atoms with E-state index in [4.69, 9.17) is 5.73 Å². The fraction of sp³-hybridized carbons (Fsp3) is 0.375. The number of ether oxygens (including phenoxy) is 2. The molecular formula is C24H24F6N2O3. The summed E-state index contributed by atoms with van der Waals surface area (Å²) in [4.78, 5) is 14.5. The van der Waals surface area contributed by atoms with E-state index < -0.39 is 12.7 Å². The highest BCUT2D eigenvalue weighted by atomic mass is 19.4. The van der Waals surface area contributed by atoms with Gasteiger partial charge in [-0.05, 0) is 81.1 Å². The Morgan fingerprint density at radius 1 is 0.857 bits per heavy atom. The van der Waals surface area contributed by atoms with Crippen LogP contribution in [0.1, 0.15) is 32.6 Å². The lowest BCUT2D eigenvalue weighted by Crippen LogP contribution is -2.35. The number of halogens is 6. The van der Waals surface area contributed by atoms with Crippen molar-refractivity contribution in [1.29, 1.82) is 0 Å². The molecule has 1 heterocycles. The smallest absolute Gasteiger partial charge is 0.406 e. The molecular weight excluding hydrogens is 478 g/mol. The number of alkyl halides is 6. The van der Waals surface area contributed by atoms with Crippen LogP contribution in [0.25, 0.3) is 0 Å². The summed E-state index contributed by atoms with van der Waals surface area (Å²) in [5.41, 5.74) is 7.25. The van der Waals surface area contributed by atoms with Gasteiger partial charge in [0.15, 0.2) is 0 Å². The molecule has 11 heteroatoms. The zero-order valence-electron chi connectivity index (χ0n) is 18.7. The van der Waals surface area contributed by atoms with Crippen LogP contribution >= 0.6 is 0 Å². The Morgan fingerprint density at radius 3 is 1.83 bits per heavy atom. The summed E-state index contributed by atoms with van der Waals surface area (Å²) >= 11 is 0. The van der Waals surface area contributed by atoms with Gasteiger partial charge in [0.05, 0.1) is 5.41 Å². The number of anilines is 2. The Bertz CT molecular complexity index is 1050. The third-order valence-corrected chi connectivity index (χ3v) is 5.85. The van der Waals surface area contributed by atoms with E-state index in [1.54, 1.807) is 4.90 Å². The number of amides is 1. The number of hydrogen-bond acceptors (Lipinski definition) is 4. The maximum atomic E-state index is 12.8. The van der Waals surface area contributed by atoms with Gasteiger partial charge < -0.3 is 20.1 Å². The molecule has 2 aromatic carbocycles. The number of carbonyl (C=O) groups excluding carboxylic acids is 1. The Morgan fingerprint density at radius 2 is 1.37 bits per heavy atom. The number of hydrogen-bond donors (Lipinski definition) is 1. The van der Waals surface area contributed by atoms with E-state index in [-0.39, 0.29) is 22.8 Å². The Balaban J connectivity index is 0.000000241. The van der Waals surface area contributed by atoms with E-state index in [0.29, 0.717) is 17.9 Å². The second-order valence-electron chi connectivity index (χ2n) is 8.40. The van der Waals surface area contributed by atoms with Gasteiger partial charge in [0.1, 0.15) is 11.5 Å². The van der Waals surface area contributed by atoms with E-state index in [2.05, 4.69) is 22.5 Å². The normalized spacial score (nSPS) is 20.3. The first-order chi connectivity index (χ1) is 16.3. The van der Waals surface area contributed by atoms with Gasteiger partial charge in [0.2, 0.25) is 5.91 Å². The number of allylic oxidation sites excluding steroid dienone is 2. The van der Waals surface area contributed by atoms with Gasteiger partial charge in [-0.2, -0.15) is 0 Å². The van der Waals surface area contributed by atoms with Crippen LogP contribution in [-0.2, 0) is 4.79 Å². The van der Waals surface area contributed by atoms with Crippen molar-refractivity contribution in [3.05, 3.63) is 60.2 Å².